The maximum Gasteiger partial charge on any atom is 0.294 e. The van der Waals surface area contributed by atoms with E-state index in [2.05, 4.69) is 10.3 Å². The SMILES string of the molecule is Cc1cc(N)cc(-c2cnc(NC(C)C)c(=O)n2CC(N)=O)c1. The topological polar surface area (TPSA) is 116 Å². The van der Waals surface area contributed by atoms with Crippen LogP contribution in [0.5, 0.6) is 0 Å². The lowest BCUT2D eigenvalue weighted by Gasteiger charge is -2.15. The first kappa shape index (κ1) is 16.5. The molecule has 122 valence electrons. The summed E-state index contributed by atoms with van der Waals surface area (Å²) in [7, 11) is 0. The van der Waals surface area contributed by atoms with Crippen molar-refractivity contribution in [2.75, 3.05) is 11.1 Å². The van der Waals surface area contributed by atoms with Gasteiger partial charge in [-0.05, 0) is 44.5 Å². The maximum absolute atomic E-state index is 12.6. The molecule has 23 heavy (non-hydrogen) atoms. The zero-order valence-corrected chi connectivity index (χ0v) is 13.5. The summed E-state index contributed by atoms with van der Waals surface area (Å²) < 4.78 is 1.31. The van der Waals surface area contributed by atoms with Crippen LogP contribution in [-0.2, 0) is 11.3 Å². The Kier molecular flexibility index (Phi) is 4.68. The van der Waals surface area contributed by atoms with E-state index in [1.165, 1.54) is 4.57 Å². The average molecular weight is 315 g/mol. The molecule has 0 aliphatic rings. The van der Waals surface area contributed by atoms with Crippen LogP contribution in [0.2, 0.25) is 0 Å². The van der Waals surface area contributed by atoms with Gasteiger partial charge in [-0.25, -0.2) is 4.98 Å². The summed E-state index contributed by atoms with van der Waals surface area (Å²) in [5, 5.41) is 2.97. The number of hydrogen-bond acceptors (Lipinski definition) is 5. The number of aryl methyl sites for hydroxylation is 1. The number of hydrogen-bond donors (Lipinski definition) is 3. The van der Waals surface area contributed by atoms with Gasteiger partial charge in [0.1, 0.15) is 6.54 Å². The second kappa shape index (κ2) is 6.51. The molecule has 0 saturated heterocycles. The number of benzene rings is 1. The van der Waals surface area contributed by atoms with Gasteiger partial charge in [-0.3, -0.25) is 14.2 Å². The minimum Gasteiger partial charge on any atom is -0.399 e. The lowest BCUT2D eigenvalue weighted by molar-refractivity contribution is -0.118. The van der Waals surface area contributed by atoms with E-state index in [4.69, 9.17) is 11.5 Å². The number of rotatable bonds is 5. The van der Waals surface area contributed by atoms with Gasteiger partial charge in [0.15, 0.2) is 5.82 Å². The Morgan fingerprint density at radius 3 is 2.61 bits per heavy atom. The van der Waals surface area contributed by atoms with Gasteiger partial charge in [0, 0.05) is 17.3 Å². The van der Waals surface area contributed by atoms with Crippen molar-refractivity contribution in [3.05, 3.63) is 40.3 Å². The van der Waals surface area contributed by atoms with E-state index < -0.39 is 11.5 Å². The quantitative estimate of drug-likeness (QED) is 0.715. The standard InChI is InChI=1S/C16H21N5O2/c1-9(2)20-15-16(23)21(8-14(18)22)13(7-19-15)11-4-10(3)5-12(17)6-11/h4-7,9H,8,17H2,1-3H3,(H2,18,22)(H,19,20). The molecule has 2 rings (SSSR count). The minimum absolute atomic E-state index is 0.0395. The molecule has 0 spiro atoms. The number of carbonyl (C=O) groups is 1. The van der Waals surface area contributed by atoms with Gasteiger partial charge in [0.2, 0.25) is 5.91 Å². The summed E-state index contributed by atoms with van der Waals surface area (Å²) in [5.41, 5.74) is 13.5. The molecule has 0 radical (unpaired) electrons. The van der Waals surface area contributed by atoms with Crippen molar-refractivity contribution in [1.82, 2.24) is 9.55 Å². The lowest BCUT2D eigenvalue weighted by atomic mass is 10.1. The molecule has 0 aliphatic heterocycles. The van der Waals surface area contributed by atoms with Crippen LogP contribution >= 0.6 is 0 Å². The molecule has 7 nitrogen and oxygen atoms in total. The monoisotopic (exact) mass is 315 g/mol. The zero-order valence-electron chi connectivity index (χ0n) is 13.5. The van der Waals surface area contributed by atoms with E-state index >= 15 is 0 Å². The Bertz CT molecular complexity index is 775. The first-order valence-electron chi connectivity index (χ1n) is 7.30. The highest BCUT2D eigenvalue weighted by Gasteiger charge is 2.14. The molecular weight excluding hydrogens is 294 g/mol. The van der Waals surface area contributed by atoms with Crippen molar-refractivity contribution in [2.45, 2.75) is 33.4 Å². The molecule has 1 aromatic carbocycles. The van der Waals surface area contributed by atoms with E-state index in [1.807, 2.05) is 32.9 Å². The van der Waals surface area contributed by atoms with E-state index in [-0.39, 0.29) is 18.4 Å². The molecular formula is C16H21N5O2. The zero-order chi connectivity index (χ0) is 17.1. The van der Waals surface area contributed by atoms with Gasteiger partial charge in [-0.2, -0.15) is 0 Å². The number of anilines is 2. The van der Waals surface area contributed by atoms with Crippen molar-refractivity contribution in [2.24, 2.45) is 5.73 Å². The Balaban J connectivity index is 2.65. The van der Waals surface area contributed by atoms with E-state index in [1.54, 1.807) is 12.3 Å². The molecule has 0 aliphatic carbocycles. The Morgan fingerprint density at radius 1 is 1.35 bits per heavy atom. The first-order valence-corrected chi connectivity index (χ1v) is 7.30. The molecule has 1 amide bonds. The average Bonchev–Trinajstić information content (AvgIpc) is 2.41. The van der Waals surface area contributed by atoms with Crippen LogP contribution in [-0.4, -0.2) is 21.5 Å². The van der Waals surface area contributed by atoms with Crippen LogP contribution in [0.4, 0.5) is 11.5 Å². The third-order valence-corrected chi connectivity index (χ3v) is 3.19. The number of nitrogens with zero attached hydrogens (tertiary/aromatic N) is 2. The summed E-state index contributed by atoms with van der Waals surface area (Å²) >= 11 is 0. The van der Waals surface area contributed by atoms with Crippen molar-refractivity contribution in [3.8, 4) is 11.3 Å². The van der Waals surface area contributed by atoms with Gasteiger partial charge in [-0.15, -0.1) is 0 Å². The van der Waals surface area contributed by atoms with Crippen LogP contribution in [0, 0.1) is 6.92 Å². The number of aromatic nitrogens is 2. The number of amides is 1. The van der Waals surface area contributed by atoms with E-state index in [0.717, 1.165) is 5.56 Å². The van der Waals surface area contributed by atoms with Crippen LogP contribution in [0.15, 0.2) is 29.2 Å². The number of nitrogen functional groups attached to an aromatic ring is 1. The molecule has 0 unspecified atom stereocenters. The van der Waals surface area contributed by atoms with Crippen molar-refractivity contribution < 1.29 is 4.79 Å². The Labute approximate surface area is 134 Å². The van der Waals surface area contributed by atoms with E-state index in [9.17, 15) is 9.59 Å². The molecule has 1 heterocycles. The summed E-state index contributed by atoms with van der Waals surface area (Å²) in [6.07, 6.45) is 1.54. The predicted octanol–water partition coefficient (Wildman–Crippen LogP) is 1.11. The lowest BCUT2D eigenvalue weighted by Crippen LogP contribution is -2.32. The summed E-state index contributed by atoms with van der Waals surface area (Å²) in [5.74, 6) is -0.415. The van der Waals surface area contributed by atoms with E-state index in [0.29, 0.717) is 16.9 Å². The van der Waals surface area contributed by atoms with Gasteiger partial charge in [-0.1, -0.05) is 0 Å². The molecule has 7 heteroatoms. The van der Waals surface area contributed by atoms with Gasteiger partial charge < -0.3 is 16.8 Å². The molecule has 0 fully saturated rings. The van der Waals surface area contributed by atoms with Crippen molar-refractivity contribution in [1.29, 1.82) is 0 Å². The van der Waals surface area contributed by atoms with Gasteiger partial charge in [0.25, 0.3) is 5.56 Å². The largest absolute Gasteiger partial charge is 0.399 e. The summed E-state index contributed by atoms with van der Waals surface area (Å²) in [6, 6.07) is 5.47. The van der Waals surface area contributed by atoms with Gasteiger partial charge >= 0.3 is 0 Å². The predicted molar refractivity (Wildman–Crippen MR) is 91.0 cm³/mol. The number of carbonyl (C=O) groups excluding carboxylic acids is 1. The summed E-state index contributed by atoms with van der Waals surface area (Å²) in [4.78, 5) is 28.2. The number of primary amides is 1. The van der Waals surface area contributed by atoms with Crippen molar-refractivity contribution >= 4 is 17.4 Å². The fourth-order valence-electron chi connectivity index (χ4n) is 2.36. The highest BCUT2D eigenvalue weighted by atomic mass is 16.2. The second-order valence-electron chi connectivity index (χ2n) is 5.78. The molecule has 0 bridgehead atoms. The third-order valence-electron chi connectivity index (χ3n) is 3.19. The van der Waals surface area contributed by atoms with Crippen molar-refractivity contribution in [3.63, 3.8) is 0 Å². The van der Waals surface area contributed by atoms with Crippen LogP contribution < -0.4 is 22.3 Å². The van der Waals surface area contributed by atoms with Crippen LogP contribution in [0.1, 0.15) is 19.4 Å². The maximum atomic E-state index is 12.6. The fourth-order valence-corrected chi connectivity index (χ4v) is 2.36. The normalized spacial score (nSPS) is 10.8. The van der Waals surface area contributed by atoms with Crippen LogP contribution in [0.3, 0.4) is 0 Å². The van der Waals surface area contributed by atoms with Crippen LogP contribution in [0.25, 0.3) is 11.3 Å². The Morgan fingerprint density at radius 2 is 2.04 bits per heavy atom. The second-order valence-corrected chi connectivity index (χ2v) is 5.78. The molecule has 1 aromatic heterocycles. The van der Waals surface area contributed by atoms with Gasteiger partial charge in [0.05, 0.1) is 11.9 Å². The highest BCUT2D eigenvalue weighted by Crippen LogP contribution is 2.22. The Hall–Kier alpha value is -2.83. The molecule has 0 atom stereocenters. The first-order chi connectivity index (χ1) is 10.8. The number of nitrogens with two attached hydrogens (primary N) is 2. The molecule has 0 saturated carbocycles. The summed E-state index contributed by atoms with van der Waals surface area (Å²) in [6.45, 7) is 5.47. The molecule has 5 N–H and O–H groups in total. The smallest absolute Gasteiger partial charge is 0.294 e. The minimum atomic E-state index is -0.601. The number of nitrogens with one attached hydrogen (secondary N) is 1. The third kappa shape index (κ3) is 3.88. The highest BCUT2D eigenvalue weighted by molar-refractivity contribution is 5.75. The molecule has 2 aromatic rings. The fraction of sp³-hybridized carbons (Fsp3) is 0.312.